The van der Waals surface area contributed by atoms with E-state index in [1.807, 2.05) is 0 Å². The zero-order valence-electron chi connectivity index (χ0n) is 13.2. The summed E-state index contributed by atoms with van der Waals surface area (Å²) < 4.78 is 21.2. The average molecular weight is 354 g/mol. The average Bonchev–Trinajstić information content (AvgIpc) is 2.62. The van der Waals surface area contributed by atoms with Crippen LogP contribution in [0.2, 0.25) is 0 Å². The van der Waals surface area contributed by atoms with Crippen LogP contribution in [0.1, 0.15) is 0 Å². The molecular formula is C16H18O9. The molecule has 1 aromatic heterocycles. The maximum Gasteiger partial charge on any atom is 0.336 e. The molecule has 1 aliphatic rings. The van der Waals surface area contributed by atoms with Crippen molar-refractivity contribution in [2.24, 2.45) is 0 Å². The number of hydrogen-bond acceptors (Lipinski definition) is 9. The Morgan fingerprint density at radius 2 is 1.80 bits per heavy atom. The second-order valence-electron chi connectivity index (χ2n) is 5.58. The molecule has 25 heavy (non-hydrogen) atoms. The van der Waals surface area contributed by atoms with Gasteiger partial charge in [0, 0.05) is 11.5 Å². The quantitative estimate of drug-likeness (QED) is 0.508. The van der Waals surface area contributed by atoms with Crippen molar-refractivity contribution in [1.82, 2.24) is 0 Å². The lowest BCUT2D eigenvalue weighted by atomic mass is 9.99. The first-order valence-corrected chi connectivity index (χ1v) is 7.54. The van der Waals surface area contributed by atoms with Crippen LogP contribution in [0.3, 0.4) is 0 Å². The molecule has 136 valence electrons. The number of aliphatic hydroxyl groups is 4. The van der Waals surface area contributed by atoms with Gasteiger partial charge in [-0.05, 0) is 18.2 Å². The Bertz CT molecular complexity index is 800. The third-order valence-corrected chi connectivity index (χ3v) is 4.01. The van der Waals surface area contributed by atoms with Gasteiger partial charge < -0.3 is 39.1 Å². The minimum Gasteiger partial charge on any atom is -0.493 e. The van der Waals surface area contributed by atoms with Gasteiger partial charge in [-0.15, -0.1) is 0 Å². The van der Waals surface area contributed by atoms with Crippen LogP contribution >= 0.6 is 0 Å². The Kier molecular flexibility index (Phi) is 4.93. The first-order chi connectivity index (χ1) is 12.0. The Morgan fingerprint density at radius 3 is 2.48 bits per heavy atom. The van der Waals surface area contributed by atoms with Gasteiger partial charge in [0.15, 0.2) is 11.3 Å². The summed E-state index contributed by atoms with van der Waals surface area (Å²) in [5.74, 6) is 0.195. The molecule has 1 saturated heterocycles. The van der Waals surface area contributed by atoms with Crippen LogP contribution in [0, 0.1) is 0 Å². The summed E-state index contributed by atoms with van der Waals surface area (Å²) in [6, 6.07) is 5.99. The third-order valence-electron chi connectivity index (χ3n) is 4.01. The molecule has 1 fully saturated rings. The van der Waals surface area contributed by atoms with E-state index in [4.69, 9.17) is 18.6 Å². The molecule has 0 saturated carbocycles. The zero-order chi connectivity index (χ0) is 18.1. The lowest BCUT2D eigenvalue weighted by Gasteiger charge is -2.39. The molecule has 2 aromatic rings. The summed E-state index contributed by atoms with van der Waals surface area (Å²) >= 11 is 0. The molecule has 1 aliphatic heterocycles. The normalized spacial score (nSPS) is 29.6. The maximum absolute atomic E-state index is 11.5. The summed E-state index contributed by atoms with van der Waals surface area (Å²) in [5, 5.41) is 39.5. The van der Waals surface area contributed by atoms with Gasteiger partial charge in [-0.3, -0.25) is 0 Å². The molecule has 0 amide bonds. The van der Waals surface area contributed by atoms with E-state index < -0.39 is 42.9 Å². The maximum atomic E-state index is 11.5. The van der Waals surface area contributed by atoms with Gasteiger partial charge in [0.05, 0.1) is 13.7 Å². The van der Waals surface area contributed by atoms with Gasteiger partial charge in [0.2, 0.25) is 12.0 Å². The van der Waals surface area contributed by atoms with Crippen molar-refractivity contribution in [2.75, 3.05) is 13.7 Å². The van der Waals surface area contributed by atoms with Crippen LogP contribution in [0.15, 0.2) is 33.5 Å². The molecular weight excluding hydrogens is 336 g/mol. The Labute approximate surface area is 141 Å². The molecule has 5 unspecified atom stereocenters. The molecule has 0 bridgehead atoms. The SMILES string of the molecule is COc1ccc2ccc(=O)oc2c1OC1OC(CO)C(O)C(O)C1O. The fourth-order valence-corrected chi connectivity index (χ4v) is 2.64. The first-order valence-electron chi connectivity index (χ1n) is 7.54. The minimum atomic E-state index is -1.60. The number of aliphatic hydroxyl groups excluding tert-OH is 4. The summed E-state index contributed by atoms with van der Waals surface area (Å²) in [6.07, 6.45) is -7.26. The highest BCUT2D eigenvalue weighted by atomic mass is 16.7. The molecule has 3 rings (SSSR count). The second kappa shape index (κ2) is 6.98. The van der Waals surface area contributed by atoms with E-state index in [-0.39, 0.29) is 17.1 Å². The molecule has 9 nitrogen and oxygen atoms in total. The van der Waals surface area contributed by atoms with E-state index in [9.17, 15) is 25.2 Å². The monoisotopic (exact) mass is 354 g/mol. The van der Waals surface area contributed by atoms with E-state index >= 15 is 0 Å². The van der Waals surface area contributed by atoms with E-state index in [1.165, 1.54) is 19.2 Å². The van der Waals surface area contributed by atoms with Gasteiger partial charge in [-0.1, -0.05) is 0 Å². The predicted octanol–water partition coefficient (Wildman–Crippen LogP) is -1.02. The Morgan fingerprint density at radius 1 is 1.08 bits per heavy atom. The number of ether oxygens (including phenoxy) is 3. The van der Waals surface area contributed by atoms with Gasteiger partial charge in [0.1, 0.15) is 24.4 Å². The highest BCUT2D eigenvalue weighted by molar-refractivity contribution is 5.85. The fraction of sp³-hybridized carbons (Fsp3) is 0.438. The summed E-state index contributed by atoms with van der Waals surface area (Å²) in [5.41, 5.74) is -0.539. The molecule has 2 heterocycles. The lowest BCUT2D eigenvalue weighted by Crippen LogP contribution is -2.60. The van der Waals surface area contributed by atoms with E-state index in [1.54, 1.807) is 12.1 Å². The van der Waals surface area contributed by atoms with E-state index in [2.05, 4.69) is 0 Å². The molecule has 4 N–H and O–H groups in total. The van der Waals surface area contributed by atoms with Crippen LogP contribution < -0.4 is 15.1 Å². The van der Waals surface area contributed by atoms with Crippen molar-refractivity contribution in [3.05, 3.63) is 34.7 Å². The van der Waals surface area contributed by atoms with Crippen LogP contribution in [0.25, 0.3) is 11.0 Å². The molecule has 5 atom stereocenters. The zero-order valence-corrected chi connectivity index (χ0v) is 13.2. The van der Waals surface area contributed by atoms with Crippen molar-refractivity contribution < 1.29 is 39.1 Å². The highest BCUT2D eigenvalue weighted by Gasteiger charge is 2.45. The largest absolute Gasteiger partial charge is 0.493 e. The molecule has 1 aromatic carbocycles. The standard InChI is InChI=1S/C16H18O9/c1-22-8-4-2-7-3-5-10(18)24-14(7)15(8)25-16-13(21)12(20)11(19)9(6-17)23-16/h2-5,9,11-13,16-17,19-21H,6H2,1H3. The number of hydrogen-bond donors (Lipinski definition) is 4. The predicted molar refractivity (Wildman–Crippen MR) is 83.4 cm³/mol. The number of benzene rings is 1. The van der Waals surface area contributed by atoms with Crippen molar-refractivity contribution in [2.45, 2.75) is 30.7 Å². The van der Waals surface area contributed by atoms with Crippen molar-refractivity contribution in [3.8, 4) is 11.5 Å². The minimum absolute atomic E-state index is 0.0120. The topological polar surface area (TPSA) is 139 Å². The van der Waals surface area contributed by atoms with Crippen molar-refractivity contribution >= 4 is 11.0 Å². The first kappa shape index (κ1) is 17.6. The van der Waals surface area contributed by atoms with Crippen molar-refractivity contribution in [1.29, 1.82) is 0 Å². The molecule has 9 heteroatoms. The van der Waals surface area contributed by atoms with Gasteiger partial charge >= 0.3 is 5.63 Å². The van der Waals surface area contributed by atoms with Gasteiger partial charge in [-0.25, -0.2) is 4.79 Å². The van der Waals surface area contributed by atoms with Gasteiger partial charge in [0.25, 0.3) is 0 Å². The second-order valence-corrected chi connectivity index (χ2v) is 5.58. The van der Waals surface area contributed by atoms with Crippen LogP contribution in [0.5, 0.6) is 11.5 Å². The van der Waals surface area contributed by atoms with E-state index in [0.717, 1.165) is 0 Å². The Hall–Kier alpha value is -2.17. The summed E-state index contributed by atoms with van der Waals surface area (Å²) in [7, 11) is 1.38. The number of fused-ring (bicyclic) bond motifs is 1. The van der Waals surface area contributed by atoms with Crippen LogP contribution in [-0.2, 0) is 4.74 Å². The lowest BCUT2D eigenvalue weighted by molar-refractivity contribution is -0.277. The third kappa shape index (κ3) is 3.20. The highest BCUT2D eigenvalue weighted by Crippen LogP contribution is 2.37. The summed E-state index contributed by atoms with van der Waals surface area (Å²) in [4.78, 5) is 11.5. The Balaban J connectivity index is 2.01. The molecule has 0 aliphatic carbocycles. The van der Waals surface area contributed by atoms with Crippen molar-refractivity contribution in [3.63, 3.8) is 0 Å². The van der Waals surface area contributed by atoms with Gasteiger partial charge in [-0.2, -0.15) is 0 Å². The fourth-order valence-electron chi connectivity index (χ4n) is 2.64. The van der Waals surface area contributed by atoms with Crippen LogP contribution in [-0.4, -0.2) is 64.8 Å². The summed E-state index contributed by atoms with van der Waals surface area (Å²) in [6.45, 7) is -0.591. The van der Waals surface area contributed by atoms with E-state index in [0.29, 0.717) is 5.39 Å². The smallest absolute Gasteiger partial charge is 0.336 e. The number of methoxy groups -OCH3 is 1. The molecule has 0 spiro atoms. The van der Waals surface area contributed by atoms with Crippen LogP contribution in [0.4, 0.5) is 0 Å². The number of rotatable bonds is 4. The molecule has 0 radical (unpaired) electrons.